The summed E-state index contributed by atoms with van der Waals surface area (Å²) in [5.41, 5.74) is 0.525. The van der Waals surface area contributed by atoms with E-state index in [1.54, 1.807) is 0 Å². The number of hydrogen-bond acceptors (Lipinski definition) is 2. The molecule has 1 N–H and O–H groups in total. The van der Waals surface area contributed by atoms with Crippen molar-refractivity contribution in [3.05, 3.63) is 34.9 Å². The first-order chi connectivity index (χ1) is 10.1. The maximum atomic E-state index is 12.1. The van der Waals surface area contributed by atoms with Gasteiger partial charge >= 0.3 is 0 Å². The Kier molecular flexibility index (Phi) is 7.76. The molecule has 1 atom stereocenters. The zero-order valence-corrected chi connectivity index (χ0v) is 14.0. The van der Waals surface area contributed by atoms with Gasteiger partial charge in [0, 0.05) is 18.2 Å². The molecular weight excluding hydrogens is 286 g/mol. The highest BCUT2D eigenvalue weighted by atomic mass is 35.5. The largest absolute Gasteiger partial charge is 0.365 e. The summed E-state index contributed by atoms with van der Waals surface area (Å²) in [6.45, 7) is 7.18. The van der Waals surface area contributed by atoms with Crippen molar-refractivity contribution in [1.29, 1.82) is 0 Å². The lowest BCUT2D eigenvalue weighted by atomic mass is 9.95. The van der Waals surface area contributed by atoms with Crippen LogP contribution in [0.15, 0.2) is 24.3 Å². The average Bonchev–Trinajstić information content (AvgIpc) is 2.52. The van der Waals surface area contributed by atoms with Gasteiger partial charge in [0.15, 0.2) is 0 Å². The molecule has 0 bridgehead atoms. The second-order valence-electron chi connectivity index (χ2n) is 5.17. The van der Waals surface area contributed by atoms with Gasteiger partial charge in [0.05, 0.1) is 0 Å². The Morgan fingerprint density at radius 2 is 1.95 bits per heavy atom. The van der Waals surface area contributed by atoms with Crippen LogP contribution in [0, 0.1) is 0 Å². The lowest BCUT2D eigenvalue weighted by Crippen LogP contribution is -2.48. The lowest BCUT2D eigenvalue weighted by molar-refractivity contribution is -0.150. The van der Waals surface area contributed by atoms with E-state index in [-0.39, 0.29) is 5.91 Å². The Bertz CT molecular complexity index is 425. The molecule has 1 fully saturated rings. The van der Waals surface area contributed by atoms with E-state index < -0.39 is 5.60 Å². The summed E-state index contributed by atoms with van der Waals surface area (Å²) in [6.07, 6.45) is 3.72. The van der Waals surface area contributed by atoms with Crippen LogP contribution in [0.4, 0.5) is 0 Å². The number of amides is 1. The van der Waals surface area contributed by atoms with Gasteiger partial charge < -0.3 is 10.1 Å². The number of carbonyl (C=O) groups is 1. The fourth-order valence-electron chi connectivity index (χ4n) is 2.27. The third-order valence-corrected chi connectivity index (χ3v) is 3.81. The second-order valence-corrected chi connectivity index (χ2v) is 5.61. The van der Waals surface area contributed by atoms with E-state index in [0.717, 1.165) is 30.7 Å². The number of ether oxygens (including phenoxy) is 1. The molecule has 0 saturated carbocycles. The van der Waals surface area contributed by atoms with Crippen LogP contribution in [-0.4, -0.2) is 24.7 Å². The van der Waals surface area contributed by atoms with Crippen LogP contribution in [-0.2, 0) is 16.0 Å². The van der Waals surface area contributed by atoms with Crippen molar-refractivity contribution >= 4 is 17.5 Å². The summed E-state index contributed by atoms with van der Waals surface area (Å²) >= 11 is 5.83. The molecule has 0 radical (unpaired) electrons. The minimum absolute atomic E-state index is 0.00108. The molecule has 1 aromatic carbocycles. The van der Waals surface area contributed by atoms with Crippen LogP contribution in [0.25, 0.3) is 0 Å². The first kappa shape index (κ1) is 18.0. The van der Waals surface area contributed by atoms with Gasteiger partial charge in [-0.25, -0.2) is 0 Å². The SMILES string of the molecule is CC.CC1(C(=O)NCCc2ccc(Cl)cc2)CCCCO1. The second kappa shape index (κ2) is 9.06. The summed E-state index contributed by atoms with van der Waals surface area (Å²) in [5.74, 6) is 0.00108. The summed E-state index contributed by atoms with van der Waals surface area (Å²) in [6, 6.07) is 7.69. The summed E-state index contributed by atoms with van der Waals surface area (Å²) in [4.78, 5) is 12.1. The van der Waals surface area contributed by atoms with E-state index in [1.165, 1.54) is 5.56 Å². The first-order valence-electron chi connectivity index (χ1n) is 7.77. The Morgan fingerprint density at radius 3 is 2.52 bits per heavy atom. The number of rotatable bonds is 4. The zero-order valence-electron chi connectivity index (χ0n) is 13.2. The Balaban J connectivity index is 0.00000106. The lowest BCUT2D eigenvalue weighted by Gasteiger charge is -2.32. The van der Waals surface area contributed by atoms with Crippen LogP contribution < -0.4 is 5.32 Å². The molecule has 21 heavy (non-hydrogen) atoms. The smallest absolute Gasteiger partial charge is 0.251 e. The normalized spacial score (nSPS) is 21.1. The van der Waals surface area contributed by atoms with Crippen molar-refractivity contribution in [2.24, 2.45) is 0 Å². The van der Waals surface area contributed by atoms with Gasteiger partial charge in [0.1, 0.15) is 5.60 Å². The summed E-state index contributed by atoms with van der Waals surface area (Å²) < 4.78 is 5.62. The van der Waals surface area contributed by atoms with Crippen molar-refractivity contribution in [1.82, 2.24) is 5.32 Å². The Labute approximate surface area is 133 Å². The predicted octanol–water partition coefficient (Wildman–Crippen LogP) is 3.98. The molecule has 118 valence electrons. The molecular formula is C17H26ClNO2. The molecule has 4 heteroatoms. The molecule has 1 aliphatic rings. The van der Waals surface area contributed by atoms with Crippen LogP contribution in [0.3, 0.4) is 0 Å². The first-order valence-corrected chi connectivity index (χ1v) is 8.15. The van der Waals surface area contributed by atoms with Crippen molar-refractivity contribution in [2.45, 2.75) is 52.1 Å². The van der Waals surface area contributed by atoms with Gasteiger partial charge in [0.2, 0.25) is 0 Å². The van der Waals surface area contributed by atoms with Gasteiger partial charge in [0.25, 0.3) is 5.91 Å². The standard InChI is InChI=1S/C15H20ClNO2.C2H6/c1-15(9-2-3-11-19-15)14(18)17-10-8-12-4-6-13(16)7-5-12;1-2/h4-7H,2-3,8-11H2,1H3,(H,17,18);1-2H3. The van der Waals surface area contributed by atoms with E-state index in [0.29, 0.717) is 13.2 Å². The van der Waals surface area contributed by atoms with Crippen molar-refractivity contribution in [3.63, 3.8) is 0 Å². The third-order valence-electron chi connectivity index (χ3n) is 3.56. The number of halogens is 1. The van der Waals surface area contributed by atoms with Crippen molar-refractivity contribution < 1.29 is 9.53 Å². The quantitative estimate of drug-likeness (QED) is 0.913. The number of hydrogen-bond donors (Lipinski definition) is 1. The molecule has 3 nitrogen and oxygen atoms in total. The van der Waals surface area contributed by atoms with Crippen LogP contribution in [0.5, 0.6) is 0 Å². The van der Waals surface area contributed by atoms with Crippen LogP contribution >= 0.6 is 11.6 Å². The Morgan fingerprint density at radius 1 is 1.29 bits per heavy atom. The van der Waals surface area contributed by atoms with E-state index in [4.69, 9.17) is 16.3 Å². The number of carbonyl (C=O) groups excluding carboxylic acids is 1. The van der Waals surface area contributed by atoms with Gasteiger partial charge in [-0.05, 0) is 50.3 Å². The summed E-state index contributed by atoms with van der Waals surface area (Å²) in [7, 11) is 0. The number of benzene rings is 1. The molecule has 1 aromatic rings. The van der Waals surface area contributed by atoms with E-state index in [2.05, 4.69) is 5.32 Å². The Hall–Kier alpha value is -1.06. The molecule has 1 unspecified atom stereocenters. The maximum Gasteiger partial charge on any atom is 0.251 e. The molecule has 0 aliphatic carbocycles. The van der Waals surface area contributed by atoms with E-state index in [1.807, 2.05) is 45.0 Å². The molecule has 1 saturated heterocycles. The fraction of sp³-hybridized carbons (Fsp3) is 0.588. The average molecular weight is 312 g/mol. The molecule has 0 aromatic heterocycles. The van der Waals surface area contributed by atoms with Crippen LogP contribution in [0.2, 0.25) is 5.02 Å². The minimum atomic E-state index is -0.641. The molecule has 1 heterocycles. The fourth-order valence-corrected chi connectivity index (χ4v) is 2.40. The van der Waals surface area contributed by atoms with E-state index in [9.17, 15) is 4.79 Å². The molecule has 1 aliphatic heterocycles. The van der Waals surface area contributed by atoms with Gasteiger partial charge in [-0.1, -0.05) is 37.6 Å². The van der Waals surface area contributed by atoms with E-state index >= 15 is 0 Å². The molecule has 2 rings (SSSR count). The number of nitrogens with one attached hydrogen (secondary N) is 1. The van der Waals surface area contributed by atoms with Crippen LogP contribution in [0.1, 0.15) is 45.6 Å². The van der Waals surface area contributed by atoms with Gasteiger partial charge in [-0.15, -0.1) is 0 Å². The topological polar surface area (TPSA) is 38.3 Å². The highest BCUT2D eigenvalue weighted by Gasteiger charge is 2.35. The van der Waals surface area contributed by atoms with Gasteiger partial charge in [-0.2, -0.15) is 0 Å². The maximum absolute atomic E-state index is 12.1. The summed E-state index contributed by atoms with van der Waals surface area (Å²) in [5, 5.41) is 3.69. The zero-order chi connectivity index (χ0) is 15.7. The molecule has 1 amide bonds. The van der Waals surface area contributed by atoms with Gasteiger partial charge in [-0.3, -0.25) is 4.79 Å². The predicted molar refractivity (Wildman–Crippen MR) is 87.7 cm³/mol. The van der Waals surface area contributed by atoms with Crippen molar-refractivity contribution in [2.75, 3.05) is 13.2 Å². The monoisotopic (exact) mass is 311 g/mol. The highest BCUT2D eigenvalue weighted by molar-refractivity contribution is 6.30. The minimum Gasteiger partial charge on any atom is -0.365 e. The third kappa shape index (κ3) is 5.68. The van der Waals surface area contributed by atoms with Crippen molar-refractivity contribution in [3.8, 4) is 0 Å². The highest BCUT2D eigenvalue weighted by Crippen LogP contribution is 2.24. The molecule has 0 spiro atoms.